The maximum absolute atomic E-state index is 13.7. The fourth-order valence-electron chi connectivity index (χ4n) is 7.78. The van der Waals surface area contributed by atoms with E-state index >= 15 is 0 Å². The second-order valence-electron chi connectivity index (χ2n) is 16.3. The SMILES string of the molecule is C[C@H]1CC(C2CC(C)(C)OC(C)(C)C2)Nc2cccc(n2)S(=O)(=O)NC(=O)c2ccc(C(C)(C)C)nc2N2C[C@@H]1CC2(C)C. The summed E-state index contributed by atoms with van der Waals surface area (Å²) < 4.78 is 35.9. The van der Waals surface area contributed by atoms with Gasteiger partial charge in [0, 0.05) is 29.2 Å². The van der Waals surface area contributed by atoms with Gasteiger partial charge in [0.25, 0.3) is 15.9 Å². The van der Waals surface area contributed by atoms with Crippen LogP contribution in [0.1, 0.15) is 111 Å². The molecule has 10 heteroatoms. The van der Waals surface area contributed by atoms with Crippen molar-refractivity contribution in [3.63, 3.8) is 0 Å². The molecule has 0 aromatic carbocycles. The van der Waals surface area contributed by atoms with Gasteiger partial charge < -0.3 is 15.0 Å². The van der Waals surface area contributed by atoms with Gasteiger partial charge in [-0.15, -0.1) is 0 Å². The van der Waals surface area contributed by atoms with Crippen LogP contribution in [0, 0.1) is 17.8 Å². The molecule has 9 nitrogen and oxygen atoms in total. The Morgan fingerprint density at radius 3 is 2.23 bits per heavy atom. The van der Waals surface area contributed by atoms with E-state index in [0.29, 0.717) is 23.5 Å². The van der Waals surface area contributed by atoms with Crippen LogP contribution in [0.5, 0.6) is 0 Å². The summed E-state index contributed by atoms with van der Waals surface area (Å²) in [6.45, 7) is 22.3. The van der Waals surface area contributed by atoms with Gasteiger partial charge in [-0.1, -0.05) is 33.8 Å². The van der Waals surface area contributed by atoms with Gasteiger partial charge in [-0.25, -0.2) is 14.7 Å². The van der Waals surface area contributed by atoms with Gasteiger partial charge in [-0.05, 0) is 109 Å². The Labute approximate surface area is 264 Å². The van der Waals surface area contributed by atoms with Crippen LogP contribution in [-0.2, 0) is 20.2 Å². The molecule has 242 valence electrons. The average molecular weight is 626 g/mol. The Bertz CT molecular complexity index is 1510. The van der Waals surface area contributed by atoms with Crippen LogP contribution >= 0.6 is 0 Å². The van der Waals surface area contributed by atoms with E-state index in [4.69, 9.17) is 9.72 Å². The summed E-state index contributed by atoms with van der Waals surface area (Å²) in [5.41, 5.74) is -0.0189. The molecule has 0 saturated carbocycles. The minimum Gasteiger partial charge on any atom is -0.370 e. The Morgan fingerprint density at radius 1 is 0.932 bits per heavy atom. The molecule has 3 atom stereocenters. The number of amides is 1. The topological polar surface area (TPSA) is 114 Å². The summed E-state index contributed by atoms with van der Waals surface area (Å²) in [6.07, 6.45) is 3.58. The van der Waals surface area contributed by atoms with Crippen LogP contribution in [-0.4, -0.2) is 53.6 Å². The fourth-order valence-corrected chi connectivity index (χ4v) is 8.71. The molecule has 5 rings (SSSR count). The molecule has 2 aromatic rings. The number of ether oxygens (including phenoxy) is 1. The molecule has 0 aliphatic carbocycles. The van der Waals surface area contributed by atoms with Crippen molar-refractivity contribution >= 4 is 27.6 Å². The minimum atomic E-state index is -4.26. The number of aromatic nitrogens is 2. The molecule has 1 unspecified atom stereocenters. The molecule has 2 N–H and O–H groups in total. The molecule has 44 heavy (non-hydrogen) atoms. The molecule has 0 radical (unpaired) electrons. The zero-order valence-electron chi connectivity index (χ0n) is 28.1. The zero-order valence-corrected chi connectivity index (χ0v) is 28.9. The highest BCUT2D eigenvalue weighted by Gasteiger charge is 2.46. The molecular formula is C34H51N5O4S. The number of hydrogen-bond donors (Lipinski definition) is 2. The van der Waals surface area contributed by atoms with E-state index in [2.05, 4.69) is 89.2 Å². The van der Waals surface area contributed by atoms with Crippen LogP contribution in [0.15, 0.2) is 35.4 Å². The van der Waals surface area contributed by atoms with Crippen molar-refractivity contribution in [1.29, 1.82) is 0 Å². The van der Waals surface area contributed by atoms with Gasteiger partial charge >= 0.3 is 0 Å². The van der Waals surface area contributed by atoms with E-state index in [0.717, 1.165) is 37.9 Å². The third-order valence-electron chi connectivity index (χ3n) is 9.67. The number of nitrogens with one attached hydrogen (secondary N) is 2. The molecule has 5 heterocycles. The van der Waals surface area contributed by atoms with Crippen molar-refractivity contribution < 1.29 is 17.9 Å². The number of hydrogen-bond acceptors (Lipinski definition) is 8. The first kappa shape index (κ1) is 32.7. The van der Waals surface area contributed by atoms with E-state index < -0.39 is 15.9 Å². The van der Waals surface area contributed by atoms with E-state index in [-0.39, 0.29) is 44.7 Å². The van der Waals surface area contributed by atoms with E-state index in [9.17, 15) is 13.2 Å². The van der Waals surface area contributed by atoms with Crippen LogP contribution in [0.25, 0.3) is 0 Å². The molecule has 2 saturated heterocycles. The van der Waals surface area contributed by atoms with Crippen molar-refractivity contribution in [2.45, 2.75) is 128 Å². The number of anilines is 2. The first-order chi connectivity index (χ1) is 20.2. The third-order valence-corrected chi connectivity index (χ3v) is 10.9. The first-order valence-electron chi connectivity index (χ1n) is 16.0. The Hall–Kier alpha value is -2.72. The lowest BCUT2D eigenvalue weighted by molar-refractivity contribution is -0.174. The lowest BCUT2D eigenvalue weighted by atomic mass is 9.73. The van der Waals surface area contributed by atoms with Crippen molar-refractivity contribution in [3.05, 3.63) is 41.6 Å². The van der Waals surface area contributed by atoms with E-state index in [1.807, 2.05) is 6.07 Å². The predicted molar refractivity (Wildman–Crippen MR) is 175 cm³/mol. The molecule has 0 spiro atoms. The van der Waals surface area contributed by atoms with Crippen LogP contribution in [0.3, 0.4) is 0 Å². The van der Waals surface area contributed by atoms with Gasteiger partial charge in [-0.3, -0.25) is 4.79 Å². The third kappa shape index (κ3) is 6.76. The zero-order chi connectivity index (χ0) is 32.5. The molecule has 4 bridgehead atoms. The second kappa shape index (κ2) is 11.0. The minimum absolute atomic E-state index is 0.0488. The molecule has 1 amide bonds. The first-order valence-corrected chi connectivity index (χ1v) is 17.4. The van der Waals surface area contributed by atoms with Crippen LogP contribution in [0.2, 0.25) is 0 Å². The Morgan fingerprint density at radius 2 is 1.59 bits per heavy atom. The van der Waals surface area contributed by atoms with Crippen LogP contribution < -0.4 is 14.9 Å². The normalized spacial score (nSPS) is 28.2. The number of sulfonamides is 1. The average Bonchev–Trinajstić information content (AvgIpc) is 3.20. The van der Waals surface area contributed by atoms with Crippen LogP contribution in [0.4, 0.5) is 11.6 Å². The Kier molecular flexibility index (Phi) is 8.14. The number of nitrogens with zero attached hydrogens (tertiary/aromatic N) is 3. The van der Waals surface area contributed by atoms with E-state index in [1.54, 1.807) is 18.2 Å². The van der Waals surface area contributed by atoms with Gasteiger partial charge in [-0.2, -0.15) is 8.42 Å². The standard InChI is InChI=1S/C34H51N5O4S/c1-21-16-25(22-18-33(7,8)43-34(9,10)19-22)35-27-12-11-13-28(37-27)44(41,42)38-30(40)24-14-15-26(31(2,3)4)36-29(24)39-20-23(21)17-32(39,5)6/h11-15,21-23,25H,16-20H2,1-10H3,(H,35,37)(H,38,40)/t21-,23-,25?/m0/s1. The van der Waals surface area contributed by atoms with E-state index in [1.165, 1.54) is 6.07 Å². The van der Waals surface area contributed by atoms with Crippen molar-refractivity contribution in [2.75, 3.05) is 16.8 Å². The molecular weight excluding hydrogens is 574 g/mol. The summed E-state index contributed by atoms with van der Waals surface area (Å²) in [6, 6.07) is 8.49. The summed E-state index contributed by atoms with van der Waals surface area (Å²) >= 11 is 0. The highest BCUT2D eigenvalue weighted by Crippen LogP contribution is 2.45. The van der Waals surface area contributed by atoms with Crippen molar-refractivity contribution in [1.82, 2.24) is 14.7 Å². The molecule has 2 fully saturated rings. The van der Waals surface area contributed by atoms with Gasteiger partial charge in [0.2, 0.25) is 0 Å². The maximum Gasteiger partial charge on any atom is 0.281 e. The molecule has 3 aliphatic heterocycles. The molecule has 3 aliphatic rings. The van der Waals surface area contributed by atoms with Gasteiger partial charge in [0.05, 0.1) is 16.8 Å². The number of carbonyl (C=O) groups excluding carboxylic acids is 1. The van der Waals surface area contributed by atoms with Crippen molar-refractivity contribution in [3.8, 4) is 0 Å². The summed E-state index contributed by atoms with van der Waals surface area (Å²) in [5.74, 6) is 1.28. The fraction of sp³-hybridized carbons (Fsp3) is 0.676. The summed E-state index contributed by atoms with van der Waals surface area (Å²) in [5, 5.41) is 3.46. The van der Waals surface area contributed by atoms with Gasteiger partial charge in [0.1, 0.15) is 11.6 Å². The predicted octanol–water partition coefficient (Wildman–Crippen LogP) is 6.30. The van der Waals surface area contributed by atoms with Gasteiger partial charge in [0.15, 0.2) is 5.03 Å². The lowest BCUT2D eigenvalue weighted by Crippen LogP contribution is -2.50. The lowest BCUT2D eigenvalue weighted by Gasteiger charge is -2.48. The largest absolute Gasteiger partial charge is 0.370 e. The Balaban J connectivity index is 1.63. The second-order valence-corrected chi connectivity index (χ2v) is 17.9. The smallest absolute Gasteiger partial charge is 0.281 e. The highest BCUT2D eigenvalue weighted by atomic mass is 32.2. The number of rotatable bonds is 1. The number of pyridine rings is 2. The summed E-state index contributed by atoms with van der Waals surface area (Å²) in [7, 11) is -4.26. The quantitative estimate of drug-likeness (QED) is 0.380. The highest BCUT2D eigenvalue weighted by molar-refractivity contribution is 7.90. The molecule has 2 aromatic heterocycles. The van der Waals surface area contributed by atoms with Crippen molar-refractivity contribution in [2.24, 2.45) is 17.8 Å². The monoisotopic (exact) mass is 625 g/mol. The number of fused-ring (bicyclic) bond motifs is 6. The maximum atomic E-state index is 13.7. The summed E-state index contributed by atoms with van der Waals surface area (Å²) in [4.78, 5) is 25.5. The number of carbonyl (C=O) groups is 1.